The topological polar surface area (TPSA) is 84.9 Å². The molecule has 9 heteroatoms. The van der Waals surface area contributed by atoms with Gasteiger partial charge >= 0.3 is 6.61 Å². The fourth-order valence-electron chi connectivity index (χ4n) is 2.25. The molecule has 1 N–H and O–H groups in total. The molecule has 0 saturated carbocycles. The number of nitrogens with zero attached hydrogens (tertiary/aromatic N) is 1. The van der Waals surface area contributed by atoms with Gasteiger partial charge in [0.25, 0.3) is 0 Å². The summed E-state index contributed by atoms with van der Waals surface area (Å²) in [6.45, 7) is -3.04. The molecule has 0 atom stereocenters. The molecule has 7 nitrogen and oxygen atoms in total. The van der Waals surface area contributed by atoms with E-state index in [1.165, 1.54) is 25.3 Å². The Morgan fingerprint density at radius 1 is 1.25 bits per heavy atom. The average molecular weight is 342 g/mol. The van der Waals surface area contributed by atoms with Crippen molar-refractivity contribution >= 4 is 23.4 Å². The average Bonchev–Trinajstić information content (AvgIpc) is 2.83. The molecule has 1 aromatic carbocycles. The predicted octanol–water partition coefficient (Wildman–Crippen LogP) is 1.77. The zero-order valence-corrected chi connectivity index (χ0v) is 12.9. The van der Waals surface area contributed by atoms with E-state index in [2.05, 4.69) is 10.1 Å². The van der Waals surface area contributed by atoms with Gasteiger partial charge in [-0.2, -0.15) is 8.78 Å². The number of anilines is 1. The second-order valence-corrected chi connectivity index (χ2v) is 4.98. The van der Waals surface area contributed by atoms with E-state index in [0.717, 1.165) is 4.90 Å². The number of benzene rings is 1. The van der Waals surface area contributed by atoms with Crippen molar-refractivity contribution in [3.63, 3.8) is 0 Å². The molecule has 0 radical (unpaired) electrons. The van der Waals surface area contributed by atoms with Crippen LogP contribution in [0.5, 0.6) is 11.5 Å². The van der Waals surface area contributed by atoms with Crippen LogP contribution < -0.4 is 14.8 Å². The first-order chi connectivity index (χ1) is 11.4. The maximum Gasteiger partial charge on any atom is 0.387 e. The Bertz CT molecular complexity index is 635. The van der Waals surface area contributed by atoms with E-state index in [4.69, 9.17) is 4.74 Å². The molecular weight excluding hydrogens is 326 g/mol. The molecule has 3 amide bonds. The number of likely N-dealkylation sites (tertiary alicyclic amines) is 1. The third kappa shape index (κ3) is 4.40. The summed E-state index contributed by atoms with van der Waals surface area (Å²) < 4.78 is 33.9. The number of carbonyl (C=O) groups excluding carboxylic acids is 3. The molecule has 0 unspecified atom stereocenters. The van der Waals surface area contributed by atoms with Crippen molar-refractivity contribution in [3.05, 3.63) is 18.2 Å². The van der Waals surface area contributed by atoms with E-state index in [0.29, 0.717) is 0 Å². The summed E-state index contributed by atoms with van der Waals surface area (Å²) in [6, 6.07) is 4.04. The number of nitrogens with one attached hydrogen (secondary N) is 1. The van der Waals surface area contributed by atoms with Gasteiger partial charge in [-0.3, -0.25) is 19.3 Å². The molecule has 1 saturated heterocycles. The number of ether oxygens (including phenoxy) is 2. The van der Waals surface area contributed by atoms with Gasteiger partial charge in [0.05, 0.1) is 7.11 Å². The number of carbonyl (C=O) groups is 3. The summed E-state index contributed by atoms with van der Waals surface area (Å²) in [4.78, 5) is 35.8. The van der Waals surface area contributed by atoms with Gasteiger partial charge < -0.3 is 14.8 Å². The molecule has 0 bridgehead atoms. The molecule has 1 heterocycles. The number of hydrogen-bond acceptors (Lipinski definition) is 5. The first kappa shape index (κ1) is 17.6. The molecule has 24 heavy (non-hydrogen) atoms. The zero-order chi connectivity index (χ0) is 17.7. The Morgan fingerprint density at radius 2 is 1.92 bits per heavy atom. The maximum atomic E-state index is 12.4. The lowest BCUT2D eigenvalue weighted by Crippen LogP contribution is -2.32. The summed E-state index contributed by atoms with van der Waals surface area (Å²) in [5.41, 5.74) is 0.232. The Hall–Kier alpha value is -2.71. The van der Waals surface area contributed by atoms with Gasteiger partial charge in [-0.1, -0.05) is 0 Å². The van der Waals surface area contributed by atoms with Gasteiger partial charge in [-0.15, -0.1) is 0 Å². The Labute approximate surface area is 136 Å². The van der Waals surface area contributed by atoms with Crippen molar-refractivity contribution in [1.82, 2.24) is 4.90 Å². The van der Waals surface area contributed by atoms with Crippen molar-refractivity contribution in [1.29, 1.82) is 0 Å². The van der Waals surface area contributed by atoms with E-state index in [1.807, 2.05) is 0 Å². The Morgan fingerprint density at radius 3 is 2.50 bits per heavy atom. The third-order valence-corrected chi connectivity index (χ3v) is 3.38. The minimum absolute atomic E-state index is 0.0138. The van der Waals surface area contributed by atoms with Crippen LogP contribution in [-0.4, -0.2) is 42.9 Å². The van der Waals surface area contributed by atoms with Crippen LogP contribution in [0.4, 0.5) is 14.5 Å². The summed E-state index contributed by atoms with van der Waals surface area (Å²) in [7, 11) is 1.30. The molecule has 0 spiro atoms. The minimum Gasteiger partial charge on any atom is -0.493 e. The van der Waals surface area contributed by atoms with Gasteiger partial charge in [-0.05, 0) is 12.1 Å². The van der Waals surface area contributed by atoms with Crippen molar-refractivity contribution < 1.29 is 32.6 Å². The van der Waals surface area contributed by atoms with Crippen molar-refractivity contribution in [2.24, 2.45) is 0 Å². The first-order valence-corrected chi connectivity index (χ1v) is 7.16. The van der Waals surface area contributed by atoms with Crippen LogP contribution in [0, 0.1) is 0 Å². The summed E-state index contributed by atoms with van der Waals surface area (Å²) in [6.07, 6.45) is 0.231. The number of halogens is 2. The van der Waals surface area contributed by atoms with Crippen LogP contribution in [0.3, 0.4) is 0 Å². The van der Waals surface area contributed by atoms with E-state index >= 15 is 0 Å². The second kappa shape index (κ2) is 7.71. The SMILES string of the molecule is COc1ccc(NC(=O)CCN2C(=O)CCC2=O)cc1OC(F)F. The lowest BCUT2D eigenvalue weighted by molar-refractivity contribution is -0.138. The normalized spacial score (nSPS) is 14.2. The molecule has 0 aromatic heterocycles. The summed E-state index contributed by atoms with van der Waals surface area (Å²) in [5.74, 6) is -1.18. The highest BCUT2D eigenvalue weighted by molar-refractivity contribution is 6.02. The van der Waals surface area contributed by atoms with E-state index in [1.54, 1.807) is 0 Å². The monoisotopic (exact) mass is 342 g/mol. The number of methoxy groups -OCH3 is 1. The highest BCUT2D eigenvalue weighted by Gasteiger charge is 2.28. The number of hydrogen-bond donors (Lipinski definition) is 1. The Balaban J connectivity index is 1.96. The molecule has 130 valence electrons. The molecule has 1 aliphatic heterocycles. The number of imide groups is 1. The lowest BCUT2D eigenvalue weighted by atomic mass is 10.2. The fourth-order valence-corrected chi connectivity index (χ4v) is 2.25. The maximum absolute atomic E-state index is 12.4. The minimum atomic E-state index is -3.03. The van der Waals surface area contributed by atoms with Gasteiger partial charge in [0, 0.05) is 37.6 Å². The quantitative estimate of drug-likeness (QED) is 0.764. The van der Waals surface area contributed by atoms with E-state index < -0.39 is 12.5 Å². The van der Waals surface area contributed by atoms with Gasteiger partial charge in [0.15, 0.2) is 11.5 Å². The van der Waals surface area contributed by atoms with Crippen molar-refractivity contribution in [3.8, 4) is 11.5 Å². The van der Waals surface area contributed by atoms with Crippen molar-refractivity contribution in [2.45, 2.75) is 25.9 Å². The third-order valence-electron chi connectivity index (χ3n) is 3.38. The highest BCUT2D eigenvalue weighted by atomic mass is 19.3. The van der Waals surface area contributed by atoms with Crippen LogP contribution in [-0.2, 0) is 14.4 Å². The van der Waals surface area contributed by atoms with Crippen LogP contribution >= 0.6 is 0 Å². The molecule has 1 aromatic rings. The van der Waals surface area contributed by atoms with Crippen LogP contribution in [0.1, 0.15) is 19.3 Å². The fraction of sp³-hybridized carbons (Fsp3) is 0.400. The molecule has 2 rings (SSSR count). The Kier molecular flexibility index (Phi) is 5.67. The lowest BCUT2D eigenvalue weighted by Gasteiger charge is -2.14. The largest absolute Gasteiger partial charge is 0.493 e. The molecular formula is C15H16F2N2O5. The molecule has 1 aliphatic rings. The van der Waals surface area contributed by atoms with Crippen LogP contribution in [0.15, 0.2) is 18.2 Å². The van der Waals surface area contributed by atoms with Crippen LogP contribution in [0.2, 0.25) is 0 Å². The van der Waals surface area contributed by atoms with Crippen LogP contribution in [0.25, 0.3) is 0 Å². The van der Waals surface area contributed by atoms with Gasteiger partial charge in [0.1, 0.15) is 0 Å². The summed E-state index contributed by atoms with van der Waals surface area (Å²) in [5, 5.41) is 2.49. The first-order valence-electron chi connectivity index (χ1n) is 7.16. The van der Waals surface area contributed by atoms with Gasteiger partial charge in [-0.25, -0.2) is 0 Å². The zero-order valence-electron chi connectivity index (χ0n) is 12.9. The van der Waals surface area contributed by atoms with Gasteiger partial charge in [0.2, 0.25) is 17.7 Å². The molecule has 0 aliphatic carbocycles. The van der Waals surface area contributed by atoms with Crippen molar-refractivity contribution in [2.75, 3.05) is 19.0 Å². The highest BCUT2D eigenvalue weighted by Crippen LogP contribution is 2.31. The summed E-state index contributed by atoms with van der Waals surface area (Å²) >= 11 is 0. The second-order valence-electron chi connectivity index (χ2n) is 4.98. The number of amides is 3. The smallest absolute Gasteiger partial charge is 0.387 e. The predicted molar refractivity (Wildman–Crippen MR) is 78.8 cm³/mol. The molecule has 1 fully saturated rings. The number of rotatable bonds is 7. The number of alkyl halides is 2. The standard InChI is InChI=1S/C15H16F2N2O5/c1-23-10-3-2-9(8-11(10)24-15(16)17)18-12(20)6-7-19-13(21)4-5-14(19)22/h2-3,8,15H,4-7H2,1H3,(H,18,20). The van der Waals surface area contributed by atoms with E-state index in [9.17, 15) is 23.2 Å². The van der Waals surface area contributed by atoms with E-state index in [-0.39, 0.29) is 54.8 Å².